The lowest BCUT2D eigenvalue weighted by atomic mass is 10.1. The summed E-state index contributed by atoms with van der Waals surface area (Å²) in [7, 11) is 0. The smallest absolute Gasteiger partial charge is 0.353 e. The molecule has 0 aliphatic carbocycles. The first kappa shape index (κ1) is 17.1. The van der Waals surface area contributed by atoms with E-state index < -0.39 is 0 Å². The Morgan fingerprint density at radius 2 is 1.68 bits per heavy atom. The average Bonchev–Trinajstić information content (AvgIpc) is 3.16. The molecule has 0 aliphatic rings. The number of rotatable bonds is 5. The van der Waals surface area contributed by atoms with Crippen LogP contribution in [0.5, 0.6) is 5.75 Å². The summed E-state index contributed by atoms with van der Waals surface area (Å²) in [5, 5.41) is 2.41. The van der Waals surface area contributed by atoms with Gasteiger partial charge in [-0.15, -0.1) is 11.3 Å². The van der Waals surface area contributed by atoms with Crippen LogP contribution in [0.1, 0.15) is 25.6 Å². The molecule has 2 aromatic carbocycles. The largest absolute Gasteiger partial charge is 0.422 e. The van der Waals surface area contributed by atoms with E-state index in [1.165, 1.54) is 17.4 Å². The standard InChI is InChI=1S/C20H13ClO3S/c21-16-8-6-15(7-9-16)18(22)12-5-14-3-10-17(11-4-14)24-20(23)19-2-1-13-25-19/h1-13H. The van der Waals surface area contributed by atoms with Gasteiger partial charge < -0.3 is 4.74 Å². The minimum absolute atomic E-state index is 0.107. The van der Waals surface area contributed by atoms with E-state index in [9.17, 15) is 9.59 Å². The number of carbonyl (C=O) groups is 2. The first-order valence-electron chi connectivity index (χ1n) is 7.45. The third-order valence-corrected chi connectivity index (χ3v) is 4.47. The van der Waals surface area contributed by atoms with Crippen molar-refractivity contribution in [2.45, 2.75) is 0 Å². The lowest BCUT2D eigenvalue weighted by Crippen LogP contribution is -2.05. The van der Waals surface area contributed by atoms with Crippen LogP contribution in [0.2, 0.25) is 5.02 Å². The van der Waals surface area contributed by atoms with Gasteiger partial charge in [0.25, 0.3) is 0 Å². The molecule has 124 valence electrons. The van der Waals surface area contributed by atoms with Gasteiger partial charge in [0.2, 0.25) is 0 Å². The number of ketones is 1. The van der Waals surface area contributed by atoms with Crippen molar-refractivity contribution in [3.05, 3.63) is 93.1 Å². The summed E-state index contributed by atoms with van der Waals surface area (Å²) in [5.41, 5.74) is 1.40. The molecular formula is C20H13ClO3S. The van der Waals surface area contributed by atoms with Crippen molar-refractivity contribution in [1.29, 1.82) is 0 Å². The molecule has 1 aromatic heterocycles. The van der Waals surface area contributed by atoms with Gasteiger partial charge in [-0.25, -0.2) is 4.79 Å². The number of esters is 1. The number of ether oxygens (including phenoxy) is 1. The van der Waals surface area contributed by atoms with E-state index in [1.807, 2.05) is 5.38 Å². The molecule has 0 unspecified atom stereocenters. The van der Waals surface area contributed by atoms with Gasteiger partial charge in [0.05, 0.1) is 0 Å². The zero-order chi connectivity index (χ0) is 17.6. The van der Waals surface area contributed by atoms with Crippen molar-refractivity contribution in [2.75, 3.05) is 0 Å². The molecule has 3 aromatic rings. The van der Waals surface area contributed by atoms with Crippen molar-refractivity contribution in [3.8, 4) is 5.75 Å². The topological polar surface area (TPSA) is 43.4 Å². The Kier molecular flexibility index (Phi) is 5.43. The fourth-order valence-corrected chi connectivity index (χ4v) is 2.81. The summed E-state index contributed by atoms with van der Waals surface area (Å²) in [5.74, 6) is -0.0272. The highest BCUT2D eigenvalue weighted by Gasteiger charge is 2.09. The van der Waals surface area contributed by atoms with Gasteiger partial charge in [0.15, 0.2) is 5.78 Å². The summed E-state index contributed by atoms with van der Waals surface area (Å²) < 4.78 is 5.29. The van der Waals surface area contributed by atoms with E-state index >= 15 is 0 Å². The average molecular weight is 369 g/mol. The number of benzene rings is 2. The molecule has 1 heterocycles. The highest BCUT2D eigenvalue weighted by molar-refractivity contribution is 7.12. The van der Waals surface area contributed by atoms with E-state index in [4.69, 9.17) is 16.3 Å². The monoisotopic (exact) mass is 368 g/mol. The Hall–Kier alpha value is -2.69. The molecule has 3 rings (SSSR count). The van der Waals surface area contributed by atoms with Gasteiger partial charge in [0.1, 0.15) is 10.6 Å². The molecule has 0 amide bonds. The number of carbonyl (C=O) groups excluding carboxylic acids is 2. The van der Waals surface area contributed by atoms with Crippen LogP contribution < -0.4 is 4.74 Å². The second kappa shape index (κ2) is 7.92. The van der Waals surface area contributed by atoms with Gasteiger partial charge in [0, 0.05) is 10.6 Å². The highest BCUT2D eigenvalue weighted by atomic mass is 35.5. The highest BCUT2D eigenvalue weighted by Crippen LogP contribution is 2.17. The SMILES string of the molecule is O=C(C=Cc1ccc(OC(=O)c2cccs2)cc1)c1ccc(Cl)cc1. The Balaban J connectivity index is 1.63. The molecule has 0 radical (unpaired) electrons. The van der Waals surface area contributed by atoms with Gasteiger partial charge in [-0.05, 0) is 59.5 Å². The molecule has 25 heavy (non-hydrogen) atoms. The molecule has 0 atom stereocenters. The molecule has 5 heteroatoms. The number of allylic oxidation sites excluding steroid dienone is 1. The molecule has 0 saturated carbocycles. The molecule has 0 aliphatic heterocycles. The van der Waals surface area contributed by atoms with E-state index in [2.05, 4.69) is 0 Å². The van der Waals surface area contributed by atoms with Crippen LogP contribution in [-0.4, -0.2) is 11.8 Å². The first-order valence-corrected chi connectivity index (χ1v) is 8.71. The lowest BCUT2D eigenvalue weighted by molar-refractivity contribution is 0.0739. The summed E-state index contributed by atoms with van der Waals surface area (Å²) in [6.07, 6.45) is 3.21. The first-order chi connectivity index (χ1) is 12.1. The van der Waals surface area contributed by atoms with Crippen LogP contribution in [0.15, 0.2) is 72.1 Å². The quantitative estimate of drug-likeness (QED) is 0.258. The van der Waals surface area contributed by atoms with E-state index in [1.54, 1.807) is 66.7 Å². The summed E-state index contributed by atoms with van der Waals surface area (Å²) in [4.78, 5) is 24.5. The third-order valence-electron chi connectivity index (χ3n) is 3.37. The third kappa shape index (κ3) is 4.66. The molecular weight excluding hydrogens is 356 g/mol. The van der Waals surface area contributed by atoms with Crippen LogP contribution in [-0.2, 0) is 0 Å². The Morgan fingerprint density at radius 1 is 0.960 bits per heavy atom. The molecule has 0 saturated heterocycles. The maximum absolute atomic E-state index is 12.1. The Labute approximate surface area is 154 Å². The van der Waals surface area contributed by atoms with Crippen molar-refractivity contribution < 1.29 is 14.3 Å². The molecule has 0 N–H and O–H groups in total. The predicted octanol–water partition coefficient (Wildman–Crippen LogP) is 5.52. The molecule has 0 spiro atoms. The van der Waals surface area contributed by atoms with E-state index in [0.717, 1.165) is 5.56 Å². The number of halogens is 1. The van der Waals surface area contributed by atoms with E-state index in [-0.39, 0.29) is 11.8 Å². The normalized spacial score (nSPS) is 10.8. The minimum Gasteiger partial charge on any atom is -0.422 e. The van der Waals surface area contributed by atoms with Crippen molar-refractivity contribution in [1.82, 2.24) is 0 Å². The summed E-state index contributed by atoms with van der Waals surface area (Å²) >= 11 is 7.14. The Morgan fingerprint density at radius 3 is 2.32 bits per heavy atom. The number of hydrogen-bond donors (Lipinski definition) is 0. The Bertz CT molecular complexity index is 895. The second-order valence-electron chi connectivity index (χ2n) is 5.14. The van der Waals surface area contributed by atoms with Crippen molar-refractivity contribution in [2.24, 2.45) is 0 Å². The van der Waals surface area contributed by atoms with Gasteiger partial charge in [-0.3, -0.25) is 4.79 Å². The summed E-state index contributed by atoms with van der Waals surface area (Å²) in [6.45, 7) is 0. The molecule has 3 nitrogen and oxygen atoms in total. The van der Waals surface area contributed by atoms with Crippen LogP contribution >= 0.6 is 22.9 Å². The van der Waals surface area contributed by atoms with Crippen LogP contribution in [0, 0.1) is 0 Å². The lowest BCUT2D eigenvalue weighted by Gasteiger charge is -2.03. The van der Waals surface area contributed by atoms with Gasteiger partial charge >= 0.3 is 5.97 Å². The van der Waals surface area contributed by atoms with Crippen LogP contribution in [0.25, 0.3) is 6.08 Å². The number of hydrogen-bond acceptors (Lipinski definition) is 4. The zero-order valence-corrected chi connectivity index (χ0v) is 14.6. The van der Waals surface area contributed by atoms with Crippen LogP contribution in [0.3, 0.4) is 0 Å². The fourth-order valence-electron chi connectivity index (χ4n) is 2.08. The van der Waals surface area contributed by atoms with Gasteiger partial charge in [-0.1, -0.05) is 35.9 Å². The maximum atomic E-state index is 12.1. The number of thiophene rings is 1. The van der Waals surface area contributed by atoms with E-state index in [0.29, 0.717) is 21.2 Å². The second-order valence-corrected chi connectivity index (χ2v) is 6.52. The zero-order valence-electron chi connectivity index (χ0n) is 13.0. The fraction of sp³-hybridized carbons (Fsp3) is 0. The van der Waals surface area contributed by atoms with Crippen molar-refractivity contribution in [3.63, 3.8) is 0 Å². The molecule has 0 bridgehead atoms. The summed E-state index contributed by atoms with van der Waals surface area (Å²) in [6, 6.07) is 17.2. The maximum Gasteiger partial charge on any atom is 0.353 e. The minimum atomic E-state index is -0.379. The van der Waals surface area contributed by atoms with Crippen molar-refractivity contribution >= 4 is 40.8 Å². The predicted molar refractivity (Wildman–Crippen MR) is 101 cm³/mol. The van der Waals surface area contributed by atoms with Gasteiger partial charge in [-0.2, -0.15) is 0 Å². The molecule has 0 fully saturated rings. The van der Waals surface area contributed by atoms with Crippen LogP contribution in [0.4, 0.5) is 0 Å².